The second-order valence-electron chi connectivity index (χ2n) is 8.64. The molecule has 0 radical (unpaired) electrons. The highest BCUT2D eigenvalue weighted by Gasteiger charge is 2.41. The molecule has 0 aliphatic carbocycles. The van der Waals surface area contributed by atoms with E-state index in [-0.39, 0.29) is 47.7 Å². The number of aromatic nitrogens is 2. The van der Waals surface area contributed by atoms with E-state index in [0.717, 1.165) is 7.11 Å². The van der Waals surface area contributed by atoms with Crippen LogP contribution in [0.5, 0.6) is 11.6 Å². The van der Waals surface area contributed by atoms with Crippen molar-refractivity contribution in [1.82, 2.24) is 9.97 Å². The SMILES string of the molecule is CCc1nc(-c2c(OC)cc(C(F)(F)F)cc2C(F)(F)F)c(CC)nc1OC(C(C)C)C(C)C. The largest absolute Gasteiger partial charge is 0.496 e. The van der Waals surface area contributed by atoms with Crippen molar-refractivity contribution in [3.63, 3.8) is 0 Å². The van der Waals surface area contributed by atoms with Gasteiger partial charge < -0.3 is 9.47 Å². The maximum Gasteiger partial charge on any atom is 0.417 e. The summed E-state index contributed by atoms with van der Waals surface area (Å²) in [6, 6.07) is 0.637. The molecule has 0 unspecified atom stereocenters. The molecule has 0 fully saturated rings. The number of rotatable bonds is 8. The van der Waals surface area contributed by atoms with Gasteiger partial charge in [0.25, 0.3) is 0 Å². The Labute approximate surface area is 195 Å². The second-order valence-corrected chi connectivity index (χ2v) is 8.64. The van der Waals surface area contributed by atoms with Crippen LogP contribution >= 0.6 is 0 Å². The zero-order valence-corrected chi connectivity index (χ0v) is 20.3. The number of ether oxygens (including phenoxy) is 2. The lowest BCUT2D eigenvalue weighted by Crippen LogP contribution is -2.30. The summed E-state index contributed by atoms with van der Waals surface area (Å²) in [4.78, 5) is 8.91. The van der Waals surface area contributed by atoms with Crippen molar-refractivity contribution in [2.24, 2.45) is 11.8 Å². The summed E-state index contributed by atoms with van der Waals surface area (Å²) in [6.07, 6.45) is -9.80. The highest BCUT2D eigenvalue weighted by Crippen LogP contribution is 2.46. The standard InChI is InChI=1S/C24H30F6N2O2/c1-8-16-20(31-17(9-2)22(32-16)34-21(12(3)4)13(5)6)19-15(24(28,29)30)10-14(23(25,26)27)11-18(19)33-7/h10-13,21H,8-9H2,1-7H3. The zero-order chi connectivity index (χ0) is 26.0. The number of hydrogen-bond donors (Lipinski definition) is 0. The number of aryl methyl sites for hydroxylation is 2. The normalized spacial score (nSPS) is 12.7. The lowest BCUT2D eigenvalue weighted by Gasteiger charge is -2.27. The molecule has 34 heavy (non-hydrogen) atoms. The molecule has 190 valence electrons. The molecule has 0 spiro atoms. The van der Waals surface area contributed by atoms with Crippen molar-refractivity contribution in [3.8, 4) is 22.9 Å². The maximum absolute atomic E-state index is 14.0. The minimum absolute atomic E-state index is 0.0859. The van der Waals surface area contributed by atoms with E-state index in [2.05, 4.69) is 9.97 Å². The molecule has 4 nitrogen and oxygen atoms in total. The summed E-state index contributed by atoms with van der Waals surface area (Å²) < 4.78 is 93.0. The Morgan fingerprint density at radius 2 is 1.38 bits per heavy atom. The van der Waals surface area contributed by atoms with Gasteiger partial charge in [-0.15, -0.1) is 0 Å². The molecule has 0 saturated heterocycles. The van der Waals surface area contributed by atoms with Crippen LogP contribution in [0.25, 0.3) is 11.3 Å². The fourth-order valence-corrected chi connectivity index (χ4v) is 3.84. The smallest absolute Gasteiger partial charge is 0.417 e. The highest BCUT2D eigenvalue weighted by molar-refractivity contribution is 5.75. The molecule has 2 rings (SSSR count). The summed E-state index contributed by atoms with van der Waals surface area (Å²) in [6.45, 7) is 11.4. The zero-order valence-electron chi connectivity index (χ0n) is 20.3. The first-order chi connectivity index (χ1) is 15.6. The number of methoxy groups -OCH3 is 1. The van der Waals surface area contributed by atoms with Gasteiger partial charge in [-0.3, -0.25) is 0 Å². The Bertz CT molecular complexity index is 992. The fraction of sp³-hybridized carbons (Fsp3) is 0.583. The number of hydrogen-bond acceptors (Lipinski definition) is 4. The Hall–Kier alpha value is -2.52. The van der Waals surface area contributed by atoms with E-state index in [0.29, 0.717) is 18.2 Å². The number of halogens is 6. The van der Waals surface area contributed by atoms with Crippen LogP contribution in [0.4, 0.5) is 26.3 Å². The average Bonchev–Trinajstić information content (AvgIpc) is 2.74. The summed E-state index contributed by atoms with van der Waals surface area (Å²) in [5, 5.41) is 0. The molecule has 0 bridgehead atoms. The molecule has 0 aliphatic heterocycles. The molecule has 2 aromatic rings. The average molecular weight is 493 g/mol. The third-order valence-electron chi connectivity index (χ3n) is 5.43. The summed E-state index contributed by atoms with van der Waals surface area (Å²) in [5.74, 6) is -0.0785. The van der Waals surface area contributed by atoms with Crippen molar-refractivity contribution in [2.45, 2.75) is 72.8 Å². The molecule has 0 saturated carbocycles. The van der Waals surface area contributed by atoms with Gasteiger partial charge in [0.05, 0.1) is 35.2 Å². The summed E-state index contributed by atoms with van der Waals surface area (Å²) >= 11 is 0. The summed E-state index contributed by atoms with van der Waals surface area (Å²) in [7, 11) is 1.02. The van der Waals surface area contributed by atoms with E-state index in [9.17, 15) is 26.3 Å². The van der Waals surface area contributed by atoms with Crippen LogP contribution < -0.4 is 9.47 Å². The number of benzene rings is 1. The van der Waals surface area contributed by atoms with E-state index in [1.54, 1.807) is 13.8 Å². The first kappa shape index (κ1) is 27.7. The topological polar surface area (TPSA) is 44.2 Å². The molecule has 0 N–H and O–H groups in total. The van der Waals surface area contributed by atoms with Gasteiger partial charge in [0.1, 0.15) is 17.5 Å². The predicted octanol–water partition coefficient (Wildman–Crippen LogP) is 7.37. The fourth-order valence-electron chi connectivity index (χ4n) is 3.84. The van der Waals surface area contributed by atoms with Gasteiger partial charge in [0, 0.05) is 0 Å². The third-order valence-corrected chi connectivity index (χ3v) is 5.43. The van der Waals surface area contributed by atoms with Crippen LogP contribution in [0.2, 0.25) is 0 Å². The van der Waals surface area contributed by atoms with Crippen molar-refractivity contribution in [1.29, 1.82) is 0 Å². The van der Waals surface area contributed by atoms with Gasteiger partial charge in [-0.1, -0.05) is 41.5 Å². The Kier molecular flexibility index (Phi) is 8.48. The lowest BCUT2D eigenvalue weighted by molar-refractivity contribution is -0.142. The number of alkyl halides is 6. The Balaban J connectivity index is 2.85. The van der Waals surface area contributed by atoms with Gasteiger partial charge in [0.2, 0.25) is 5.88 Å². The van der Waals surface area contributed by atoms with Crippen LogP contribution in [-0.2, 0) is 25.2 Å². The van der Waals surface area contributed by atoms with Crippen LogP contribution in [0, 0.1) is 11.8 Å². The van der Waals surface area contributed by atoms with Crippen LogP contribution in [0.15, 0.2) is 12.1 Å². The molecule has 1 aromatic heterocycles. The quantitative estimate of drug-likeness (QED) is 0.361. The van der Waals surface area contributed by atoms with Gasteiger partial charge in [-0.2, -0.15) is 26.3 Å². The number of nitrogens with zero attached hydrogens (tertiary/aromatic N) is 2. The minimum Gasteiger partial charge on any atom is -0.496 e. The molecule has 10 heteroatoms. The van der Waals surface area contributed by atoms with Gasteiger partial charge in [-0.05, 0) is 36.8 Å². The van der Waals surface area contributed by atoms with Crippen LogP contribution in [0.3, 0.4) is 0 Å². The molecule has 0 atom stereocenters. The van der Waals surface area contributed by atoms with Crippen molar-refractivity contribution < 1.29 is 35.8 Å². The molecule has 1 heterocycles. The maximum atomic E-state index is 14.0. The van der Waals surface area contributed by atoms with E-state index < -0.39 is 34.8 Å². The molecule has 1 aromatic carbocycles. The van der Waals surface area contributed by atoms with Crippen LogP contribution in [0.1, 0.15) is 64.1 Å². The van der Waals surface area contributed by atoms with E-state index in [1.165, 1.54) is 0 Å². The first-order valence-corrected chi connectivity index (χ1v) is 11.1. The first-order valence-electron chi connectivity index (χ1n) is 11.1. The molecule has 0 aliphatic rings. The second kappa shape index (κ2) is 10.4. The monoisotopic (exact) mass is 492 g/mol. The van der Waals surface area contributed by atoms with E-state index >= 15 is 0 Å². The Morgan fingerprint density at radius 1 is 0.824 bits per heavy atom. The van der Waals surface area contributed by atoms with Crippen molar-refractivity contribution in [3.05, 3.63) is 34.6 Å². The van der Waals surface area contributed by atoms with Gasteiger partial charge in [0.15, 0.2) is 0 Å². The molecule has 0 amide bonds. The third kappa shape index (κ3) is 5.93. The van der Waals surface area contributed by atoms with Gasteiger partial charge >= 0.3 is 12.4 Å². The van der Waals surface area contributed by atoms with Gasteiger partial charge in [-0.25, -0.2) is 9.97 Å². The van der Waals surface area contributed by atoms with Crippen molar-refractivity contribution in [2.75, 3.05) is 7.11 Å². The lowest BCUT2D eigenvalue weighted by atomic mass is 9.96. The highest BCUT2D eigenvalue weighted by atomic mass is 19.4. The summed E-state index contributed by atoms with van der Waals surface area (Å²) in [5.41, 5.74) is -3.20. The van der Waals surface area contributed by atoms with E-state index in [4.69, 9.17) is 9.47 Å². The van der Waals surface area contributed by atoms with Crippen LogP contribution in [-0.4, -0.2) is 23.2 Å². The predicted molar refractivity (Wildman–Crippen MR) is 117 cm³/mol. The Morgan fingerprint density at radius 3 is 1.79 bits per heavy atom. The van der Waals surface area contributed by atoms with Crippen molar-refractivity contribution >= 4 is 0 Å². The molecular formula is C24H30F6N2O2. The minimum atomic E-state index is -5.08. The van der Waals surface area contributed by atoms with E-state index in [1.807, 2.05) is 27.7 Å². The molecular weight excluding hydrogens is 462 g/mol.